The quantitative estimate of drug-likeness (QED) is 0.469. The second-order valence-corrected chi connectivity index (χ2v) is 7.25. The highest BCUT2D eigenvalue weighted by atomic mass is 19.1. The van der Waals surface area contributed by atoms with Gasteiger partial charge in [0, 0.05) is 45.4 Å². The van der Waals surface area contributed by atoms with Crippen LogP contribution < -0.4 is 10.6 Å². The molecule has 29 heavy (non-hydrogen) atoms. The number of hydrogen-bond acceptors (Lipinski definition) is 3. The van der Waals surface area contributed by atoms with Gasteiger partial charge in [0.25, 0.3) is 0 Å². The zero-order valence-corrected chi connectivity index (χ0v) is 18.5. The summed E-state index contributed by atoms with van der Waals surface area (Å²) >= 11 is 0. The monoisotopic (exact) mass is 396 g/mol. The molecular weight excluding hydrogens is 363 g/mol. The average Bonchev–Trinajstić information content (AvgIpc) is 2.98. The van der Waals surface area contributed by atoms with Gasteiger partial charge in [0.05, 0.1) is 5.71 Å². The number of aromatic nitrogens is 2. The number of H-pyrrole nitrogens is 1. The average molecular weight is 397 g/mol. The molecule has 2 heterocycles. The minimum atomic E-state index is -0.579. The smallest absolute Gasteiger partial charge is 0.213 e. The molecule has 2 aromatic rings. The fourth-order valence-electron chi connectivity index (χ4n) is 2.98. The number of aryl methyl sites for hydroxylation is 1. The van der Waals surface area contributed by atoms with Gasteiger partial charge in [0.2, 0.25) is 5.95 Å². The summed E-state index contributed by atoms with van der Waals surface area (Å²) in [6, 6.07) is 2.97. The molecule has 0 saturated carbocycles. The van der Waals surface area contributed by atoms with Crippen LogP contribution in [-0.4, -0.2) is 21.9 Å². The van der Waals surface area contributed by atoms with E-state index < -0.39 is 5.95 Å². The van der Waals surface area contributed by atoms with Crippen LogP contribution in [0.5, 0.6) is 0 Å². The van der Waals surface area contributed by atoms with Crippen LogP contribution in [0.4, 0.5) is 4.39 Å². The van der Waals surface area contributed by atoms with Gasteiger partial charge < -0.3 is 15.8 Å². The molecule has 0 radical (unpaired) electrons. The zero-order valence-electron chi connectivity index (χ0n) is 18.5. The van der Waals surface area contributed by atoms with Gasteiger partial charge in [-0.2, -0.15) is 4.39 Å². The first kappa shape index (κ1) is 24.2. The van der Waals surface area contributed by atoms with E-state index in [0.717, 1.165) is 21.8 Å². The molecule has 156 valence electrons. The third-order valence-corrected chi connectivity index (χ3v) is 4.12. The summed E-state index contributed by atoms with van der Waals surface area (Å²) < 4.78 is 13.5. The number of nitrogens with zero attached hydrogens (tertiary/aromatic N) is 1. The Balaban J connectivity index is 0.00000204. The summed E-state index contributed by atoms with van der Waals surface area (Å²) in [5.74, 6) is 0.0123. The summed E-state index contributed by atoms with van der Waals surface area (Å²) in [4.78, 5) is 7.13. The lowest BCUT2D eigenvalue weighted by molar-refractivity contribution is 0.579. The normalized spacial score (nSPS) is 12.6. The van der Waals surface area contributed by atoms with Crippen molar-refractivity contribution in [1.29, 1.82) is 10.8 Å². The van der Waals surface area contributed by atoms with E-state index >= 15 is 0 Å². The van der Waals surface area contributed by atoms with Gasteiger partial charge in [-0.1, -0.05) is 53.7 Å². The molecular formula is C24H33FN4. The zero-order chi connectivity index (χ0) is 22.1. The van der Waals surface area contributed by atoms with Gasteiger partial charge in [0.1, 0.15) is 0 Å². The van der Waals surface area contributed by atoms with Crippen molar-refractivity contribution in [2.75, 3.05) is 0 Å². The van der Waals surface area contributed by atoms with Gasteiger partial charge in [0.15, 0.2) is 0 Å². The van der Waals surface area contributed by atoms with Crippen LogP contribution in [0, 0.1) is 29.6 Å². The van der Waals surface area contributed by atoms with Crippen LogP contribution >= 0.6 is 0 Å². The van der Waals surface area contributed by atoms with Crippen LogP contribution in [0.2, 0.25) is 0 Å². The predicted octanol–water partition coefficient (Wildman–Crippen LogP) is 4.95. The van der Waals surface area contributed by atoms with Gasteiger partial charge >= 0.3 is 0 Å². The van der Waals surface area contributed by atoms with Crippen molar-refractivity contribution in [3.63, 3.8) is 0 Å². The Hall–Kier alpha value is -2.82. The molecule has 0 aliphatic heterocycles. The van der Waals surface area contributed by atoms with E-state index in [1.54, 1.807) is 25.1 Å². The number of aromatic amines is 1. The molecule has 0 bridgehead atoms. The number of rotatable bonds is 6. The Morgan fingerprint density at radius 2 is 1.83 bits per heavy atom. The number of pyridine rings is 1. The number of halogens is 1. The lowest BCUT2D eigenvalue weighted by Gasteiger charge is -2.05. The van der Waals surface area contributed by atoms with E-state index in [-0.39, 0.29) is 11.6 Å². The Morgan fingerprint density at radius 1 is 1.17 bits per heavy atom. The molecule has 0 unspecified atom stereocenters. The van der Waals surface area contributed by atoms with E-state index in [2.05, 4.69) is 43.7 Å². The van der Waals surface area contributed by atoms with Crippen molar-refractivity contribution < 1.29 is 4.39 Å². The highest BCUT2D eigenvalue weighted by Crippen LogP contribution is 2.16. The standard InChI is InChI=1S/C22H27FN4.C2H6/c1-13(2)10-18-17(22(14(3)4)27-20(18)8-9-24)6-7-19(25)16-11-15(5)26-21(23)12-16;1-2/h6-14,24-25,27H,1-5H3;1-2H3/b7-6-,18-10-,20-8+,24-9?,25-19?;. The molecule has 4 nitrogen and oxygen atoms in total. The topological polar surface area (TPSA) is 76.4 Å². The molecule has 5 heteroatoms. The van der Waals surface area contributed by atoms with Gasteiger partial charge in [-0.25, -0.2) is 4.98 Å². The summed E-state index contributed by atoms with van der Waals surface area (Å²) in [5, 5.41) is 17.6. The van der Waals surface area contributed by atoms with Crippen LogP contribution in [0.25, 0.3) is 18.2 Å². The van der Waals surface area contributed by atoms with Gasteiger partial charge in [-0.05, 0) is 37.0 Å². The second kappa shape index (κ2) is 11.2. The van der Waals surface area contributed by atoms with Crippen LogP contribution in [-0.2, 0) is 0 Å². The van der Waals surface area contributed by atoms with Crippen molar-refractivity contribution in [2.45, 2.75) is 54.4 Å². The highest BCUT2D eigenvalue weighted by Gasteiger charge is 2.11. The van der Waals surface area contributed by atoms with Crippen LogP contribution in [0.15, 0.2) is 18.2 Å². The highest BCUT2D eigenvalue weighted by molar-refractivity contribution is 6.08. The fraction of sp³-hybridized carbons (Fsp3) is 0.375. The predicted molar refractivity (Wildman–Crippen MR) is 123 cm³/mol. The van der Waals surface area contributed by atoms with Crippen molar-refractivity contribution in [3.8, 4) is 0 Å². The summed E-state index contributed by atoms with van der Waals surface area (Å²) in [7, 11) is 0. The van der Waals surface area contributed by atoms with Gasteiger partial charge in [-0.15, -0.1) is 0 Å². The summed E-state index contributed by atoms with van der Waals surface area (Å²) in [6.07, 6.45) is 8.75. The first-order valence-corrected chi connectivity index (χ1v) is 10.1. The fourth-order valence-corrected chi connectivity index (χ4v) is 2.98. The minimum Gasteiger partial charge on any atom is -0.358 e. The lowest BCUT2D eigenvalue weighted by atomic mass is 10.0. The molecule has 0 atom stereocenters. The largest absolute Gasteiger partial charge is 0.358 e. The Kier molecular flexibility index (Phi) is 9.39. The van der Waals surface area contributed by atoms with Crippen molar-refractivity contribution >= 4 is 30.2 Å². The van der Waals surface area contributed by atoms with Gasteiger partial charge in [-0.3, -0.25) is 0 Å². The molecule has 3 N–H and O–H groups in total. The number of nitrogens with one attached hydrogen (secondary N) is 3. The van der Waals surface area contributed by atoms with E-state index in [1.807, 2.05) is 19.9 Å². The number of hydrogen-bond donors (Lipinski definition) is 3. The van der Waals surface area contributed by atoms with Crippen molar-refractivity contribution in [3.05, 3.63) is 57.2 Å². The van der Waals surface area contributed by atoms with E-state index in [0.29, 0.717) is 17.2 Å². The third-order valence-electron chi connectivity index (χ3n) is 4.12. The molecule has 0 aromatic carbocycles. The third kappa shape index (κ3) is 6.63. The molecule has 0 fully saturated rings. The number of allylic oxidation sites excluding steroid dienone is 1. The maximum absolute atomic E-state index is 13.5. The molecule has 2 aromatic heterocycles. The Bertz CT molecular complexity index is 974. The first-order chi connectivity index (χ1) is 13.7. The maximum atomic E-state index is 13.5. The van der Waals surface area contributed by atoms with Crippen LogP contribution in [0.3, 0.4) is 0 Å². The molecule has 0 aliphatic carbocycles. The maximum Gasteiger partial charge on any atom is 0.213 e. The Morgan fingerprint density at radius 3 is 2.34 bits per heavy atom. The SMILES string of the molecule is CC.Cc1cc(C(=N)/C=C\c2c(C(C)C)[nH]c(=C/C=N)/c2=C\C(C)C)cc(F)n1. The van der Waals surface area contributed by atoms with Crippen LogP contribution in [0.1, 0.15) is 70.0 Å². The van der Waals surface area contributed by atoms with Crippen molar-refractivity contribution in [1.82, 2.24) is 9.97 Å². The minimum absolute atomic E-state index is 0.225. The lowest BCUT2D eigenvalue weighted by Crippen LogP contribution is -2.25. The molecule has 0 saturated heterocycles. The summed E-state index contributed by atoms with van der Waals surface area (Å²) in [6.45, 7) is 14.1. The van der Waals surface area contributed by atoms with E-state index in [4.69, 9.17) is 10.8 Å². The van der Waals surface area contributed by atoms with E-state index in [9.17, 15) is 4.39 Å². The van der Waals surface area contributed by atoms with Crippen molar-refractivity contribution in [2.24, 2.45) is 5.92 Å². The molecule has 2 rings (SSSR count). The molecule has 0 aliphatic rings. The first-order valence-electron chi connectivity index (χ1n) is 10.1. The molecule has 0 amide bonds. The molecule has 0 spiro atoms. The Labute approximate surface area is 173 Å². The van der Waals surface area contributed by atoms with E-state index in [1.165, 1.54) is 12.3 Å². The second-order valence-electron chi connectivity index (χ2n) is 7.25. The summed E-state index contributed by atoms with van der Waals surface area (Å²) in [5.41, 5.74) is 3.32.